The quantitative estimate of drug-likeness (QED) is 0.198. The van der Waals surface area contributed by atoms with Crippen molar-refractivity contribution in [3.8, 4) is 0 Å². The van der Waals surface area contributed by atoms with E-state index in [0.29, 0.717) is 11.6 Å². The lowest BCUT2D eigenvalue weighted by molar-refractivity contribution is -0.106. The molecule has 1 aromatic heterocycles. The van der Waals surface area contributed by atoms with Crippen LogP contribution in [0, 0.1) is 38.3 Å². The van der Waals surface area contributed by atoms with Crippen LogP contribution in [0.3, 0.4) is 0 Å². The Morgan fingerprint density at radius 1 is 1.02 bits per heavy atom. The monoisotopic (exact) mass is 656 g/mol. The third-order valence-electron chi connectivity index (χ3n) is 5.73. The highest BCUT2D eigenvalue weighted by Crippen LogP contribution is 2.31. The van der Waals surface area contributed by atoms with E-state index in [0.717, 1.165) is 65.8 Å². The van der Waals surface area contributed by atoms with Gasteiger partial charge in [0.25, 0.3) is 6.43 Å². The van der Waals surface area contributed by atoms with Crippen molar-refractivity contribution >= 4 is 24.1 Å². The largest absolute Gasteiger partial charge is 0.313 e. The van der Waals surface area contributed by atoms with Crippen molar-refractivity contribution in [2.45, 2.75) is 114 Å². The first kappa shape index (κ1) is 47.0. The Kier molecular flexibility index (Phi) is 29.0. The van der Waals surface area contributed by atoms with Crippen molar-refractivity contribution in [2.75, 3.05) is 18.6 Å². The molecule has 45 heavy (non-hydrogen) atoms. The Morgan fingerprint density at radius 3 is 1.82 bits per heavy atom. The maximum Gasteiger partial charge on any atom is 0.256 e. The molecule has 0 amide bonds. The normalized spacial score (nSPS) is 13.0. The molecule has 1 saturated carbocycles. The van der Waals surface area contributed by atoms with Gasteiger partial charge >= 0.3 is 0 Å². The second kappa shape index (κ2) is 27.8. The van der Waals surface area contributed by atoms with Crippen LogP contribution in [0.25, 0.3) is 6.08 Å². The molecule has 2 aliphatic rings. The number of aromatic nitrogens is 1. The number of thioether (sulfide) groups is 1. The SMILES string of the molecule is C=CC(F)F.CC.CC(C)C.CC=O.CCCc1cc(C)ncc1F.CNC1(C)CSC1.Cc1cc(F)c(C=C2CC2)cc1C. The van der Waals surface area contributed by atoms with Crippen LogP contribution < -0.4 is 5.32 Å². The van der Waals surface area contributed by atoms with Crippen LogP contribution in [0.4, 0.5) is 17.6 Å². The molecule has 258 valence electrons. The van der Waals surface area contributed by atoms with Crippen molar-refractivity contribution in [3.63, 3.8) is 0 Å². The fourth-order valence-corrected chi connectivity index (χ4v) is 4.07. The molecule has 4 rings (SSSR count). The Hall–Kier alpha value is -2.45. The summed E-state index contributed by atoms with van der Waals surface area (Å²) in [6.45, 7) is 24.9. The number of alkyl halides is 2. The number of rotatable bonds is 5. The van der Waals surface area contributed by atoms with Crippen LogP contribution in [0.1, 0.15) is 103 Å². The van der Waals surface area contributed by atoms with E-state index in [4.69, 9.17) is 4.79 Å². The summed E-state index contributed by atoms with van der Waals surface area (Å²) >= 11 is 2.01. The van der Waals surface area contributed by atoms with Gasteiger partial charge in [-0.3, -0.25) is 4.98 Å². The van der Waals surface area contributed by atoms with E-state index in [1.165, 1.54) is 30.2 Å². The molecule has 0 bridgehead atoms. The molecule has 0 unspecified atom stereocenters. The molecule has 2 fully saturated rings. The summed E-state index contributed by atoms with van der Waals surface area (Å²) in [6, 6.07) is 5.35. The van der Waals surface area contributed by atoms with E-state index in [-0.39, 0.29) is 11.6 Å². The fourth-order valence-electron chi connectivity index (χ4n) is 2.96. The molecule has 1 saturated heterocycles. The zero-order chi connectivity index (χ0) is 35.6. The fraction of sp³-hybridized carbons (Fsp3) is 0.568. The lowest BCUT2D eigenvalue weighted by Crippen LogP contribution is -2.51. The molecule has 0 spiro atoms. The highest BCUT2D eigenvalue weighted by atomic mass is 32.2. The average Bonchev–Trinajstić information content (AvgIpc) is 3.79. The number of nitrogens with zero attached hydrogens (tertiary/aromatic N) is 1. The van der Waals surface area contributed by atoms with Crippen LogP contribution in [0.2, 0.25) is 0 Å². The van der Waals surface area contributed by atoms with Gasteiger partial charge in [-0.2, -0.15) is 11.8 Å². The van der Waals surface area contributed by atoms with Gasteiger partial charge < -0.3 is 10.1 Å². The van der Waals surface area contributed by atoms with E-state index < -0.39 is 6.43 Å². The van der Waals surface area contributed by atoms with Gasteiger partial charge in [0.1, 0.15) is 17.9 Å². The van der Waals surface area contributed by atoms with Gasteiger partial charge in [-0.25, -0.2) is 17.6 Å². The van der Waals surface area contributed by atoms with Crippen molar-refractivity contribution in [1.29, 1.82) is 0 Å². The molecule has 3 nitrogen and oxygen atoms in total. The second-order valence-corrected chi connectivity index (χ2v) is 12.3. The summed E-state index contributed by atoms with van der Waals surface area (Å²) in [5.41, 5.74) is 6.43. The van der Waals surface area contributed by atoms with Crippen molar-refractivity contribution < 1.29 is 22.4 Å². The highest BCUT2D eigenvalue weighted by molar-refractivity contribution is 8.00. The number of pyridine rings is 1. The number of carbonyl (C=O) groups excluding carboxylic acids is 1. The van der Waals surface area contributed by atoms with Gasteiger partial charge in [0.15, 0.2) is 0 Å². The highest BCUT2D eigenvalue weighted by Gasteiger charge is 2.29. The Labute approximate surface area is 276 Å². The number of carbonyl (C=O) groups is 1. The molecule has 1 aliphatic carbocycles. The summed E-state index contributed by atoms with van der Waals surface area (Å²) in [5, 5.41) is 3.26. The van der Waals surface area contributed by atoms with Gasteiger partial charge in [0, 0.05) is 28.3 Å². The van der Waals surface area contributed by atoms with Crippen LogP contribution >= 0.6 is 11.8 Å². The Bertz CT molecular complexity index is 1090. The van der Waals surface area contributed by atoms with Crippen molar-refractivity contribution in [1.82, 2.24) is 10.3 Å². The Balaban J connectivity index is -0.000000499. The number of aryl methyl sites for hydroxylation is 4. The first-order valence-electron chi connectivity index (χ1n) is 15.7. The second-order valence-electron chi connectivity index (χ2n) is 11.3. The molecule has 1 aromatic carbocycles. The van der Waals surface area contributed by atoms with E-state index in [9.17, 15) is 17.6 Å². The smallest absolute Gasteiger partial charge is 0.256 e. The third kappa shape index (κ3) is 26.5. The number of allylic oxidation sites excluding steroid dienone is 2. The summed E-state index contributed by atoms with van der Waals surface area (Å²) < 4.78 is 47.6. The molecule has 1 aliphatic heterocycles. The summed E-state index contributed by atoms with van der Waals surface area (Å²) in [7, 11) is 2.03. The average molecular weight is 657 g/mol. The molecule has 1 N–H and O–H groups in total. The zero-order valence-electron chi connectivity index (χ0n) is 29.9. The number of benzene rings is 1. The zero-order valence-corrected chi connectivity index (χ0v) is 30.7. The number of hydrogen-bond donors (Lipinski definition) is 1. The van der Waals surface area contributed by atoms with Gasteiger partial charge in [-0.05, 0) is 108 Å². The number of aldehydes is 1. The van der Waals surface area contributed by atoms with E-state index in [1.54, 1.807) is 12.1 Å². The molecule has 2 heterocycles. The molecule has 0 radical (unpaired) electrons. The van der Waals surface area contributed by atoms with E-state index in [2.05, 4.69) is 44.6 Å². The third-order valence-corrected chi connectivity index (χ3v) is 7.41. The Morgan fingerprint density at radius 2 is 1.49 bits per heavy atom. The molecular weight excluding hydrogens is 596 g/mol. The van der Waals surface area contributed by atoms with Crippen molar-refractivity contribution in [2.24, 2.45) is 5.92 Å². The van der Waals surface area contributed by atoms with E-state index in [1.807, 2.05) is 72.5 Å². The predicted octanol–water partition coefficient (Wildman–Crippen LogP) is 11.1. The van der Waals surface area contributed by atoms with Crippen molar-refractivity contribution in [3.05, 3.63) is 82.2 Å². The number of hydrogen-bond acceptors (Lipinski definition) is 4. The molecule has 8 heteroatoms. The first-order chi connectivity index (χ1) is 21.1. The van der Waals surface area contributed by atoms with Crippen LogP contribution in [-0.2, 0) is 11.2 Å². The van der Waals surface area contributed by atoms with Gasteiger partial charge in [-0.1, -0.05) is 66.2 Å². The maximum atomic E-state index is 13.4. The minimum atomic E-state index is -2.35. The number of halogens is 4. The molecular formula is C37H60F4N2OS. The maximum absolute atomic E-state index is 13.4. The standard InChI is InChI=1S/C12H13F.C9H12FN.C5H11NS.C4H10.C3H4F2.C2H4O.C2H6/c1-8-5-11(7-10-3-4-10)12(13)6-9(8)2;1-3-4-8-5-7(2)11-6-9(8)10;1-5(6-2)3-7-4-5;1-4(2)3;1-2-3(4)5;1-2-3;1-2/h5-7H,3-4H2,1-2H3;5-6H,3-4H2,1-2H3;6H,3-4H2,1-2H3;4H,1-3H3;2-3H,1H2;2H,1H3;1-2H3. The van der Waals surface area contributed by atoms with Crippen LogP contribution in [0.5, 0.6) is 0 Å². The van der Waals surface area contributed by atoms with Gasteiger partial charge in [0.05, 0.1) is 6.20 Å². The molecule has 0 atom stereocenters. The number of nitrogens with one attached hydrogen (secondary N) is 1. The summed E-state index contributed by atoms with van der Waals surface area (Å²) in [6.07, 6.45) is 6.31. The summed E-state index contributed by atoms with van der Waals surface area (Å²) in [5.74, 6) is 3.12. The summed E-state index contributed by atoms with van der Waals surface area (Å²) in [4.78, 5) is 12.7. The minimum Gasteiger partial charge on any atom is -0.313 e. The van der Waals surface area contributed by atoms with Gasteiger partial charge in [0.2, 0.25) is 0 Å². The van der Waals surface area contributed by atoms with Gasteiger partial charge in [-0.15, -0.1) is 0 Å². The topological polar surface area (TPSA) is 42.0 Å². The minimum absolute atomic E-state index is 0.0949. The van der Waals surface area contributed by atoms with Crippen LogP contribution in [-0.4, -0.2) is 41.8 Å². The lowest BCUT2D eigenvalue weighted by atomic mass is 10.1. The molecule has 2 aromatic rings. The lowest BCUT2D eigenvalue weighted by Gasteiger charge is -2.37. The first-order valence-corrected chi connectivity index (χ1v) is 16.9. The predicted molar refractivity (Wildman–Crippen MR) is 191 cm³/mol. The van der Waals surface area contributed by atoms with E-state index >= 15 is 0 Å². The van der Waals surface area contributed by atoms with Crippen LogP contribution in [0.15, 0.2) is 42.6 Å².